The number of hydrogen-bond donors (Lipinski definition) is 3. The van der Waals surface area contributed by atoms with Gasteiger partial charge in [-0.2, -0.15) is 20.1 Å². The lowest BCUT2D eigenvalue weighted by Gasteiger charge is -2.27. The van der Waals surface area contributed by atoms with Gasteiger partial charge in [-0.15, -0.1) is 0 Å². The molecule has 1 aliphatic rings. The van der Waals surface area contributed by atoms with Crippen LogP contribution in [0.15, 0.2) is 53.6 Å². The number of anilines is 4. The van der Waals surface area contributed by atoms with E-state index in [1.807, 2.05) is 35.2 Å². The topological polar surface area (TPSA) is 117 Å². The van der Waals surface area contributed by atoms with E-state index in [1.54, 1.807) is 24.4 Å². The lowest BCUT2D eigenvalue weighted by atomic mass is 10.2. The predicted molar refractivity (Wildman–Crippen MR) is 118 cm³/mol. The van der Waals surface area contributed by atoms with Crippen molar-refractivity contribution in [3.63, 3.8) is 0 Å². The van der Waals surface area contributed by atoms with Crippen molar-refractivity contribution in [3.8, 4) is 11.5 Å². The number of hydrazone groups is 1. The van der Waals surface area contributed by atoms with Crippen molar-refractivity contribution >= 4 is 29.7 Å². The Bertz CT molecular complexity index is 1040. The van der Waals surface area contributed by atoms with Gasteiger partial charge >= 0.3 is 0 Å². The molecule has 3 aromatic rings. The average molecular weight is 421 g/mol. The molecule has 0 amide bonds. The molecule has 0 unspecified atom stereocenters. The highest BCUT2D eigenvalue weighted by molar-refractivity contribution is 5.81. The molecule has 1 aromatic heterocycles. The average Bonchev–Trinajstić information content (AvgIpc) is 2.81. The van der Waals surface area contributed by atoms with Gasteiger partial charge in [0.25, 0.3) is 0 Å². The maximum atomic E-state index is 9.71. The zero-order chi connectivity index (χ0) is 21.5. The molecule has 31 heavy (non-hydrogen) atoms. The Kier molecular flexibility index (Phi) is 6.38. The minimum Gasteiger partial charge on any atom is -0.504 e. The molecule has 0 radical (unpaired) electrons. The fraction of sp³-hybridized carbons (Fsp3) is 0.238. The molecule has 0 bridgehead atoms. The molecule has 1 aliphatic heterocycles. The van der Waals surface area contributed by atoms with E-state index in [1.165, 1.54) is 7.11 Å². The van der Waals surface area contributed by atoms with Gasteiger partial charge in [0.2, 0.25) is 17.8 Å². The summed E-state index contributed by atoms with van der Waals surface area (Å²) in [4.78, 5) is 15.5. The summed E-state index contributed by atoms with van der Waals surface area (Å²) in [5.41, 5.74) is 4.47. The molecule has 0 spiro atoms. The quantitative estimate of drug-likeness (QED) is 0.391. The molecule has 0 aliphatic carbocycles. The Labute approximate surface area is 179 Å². The van der Waals surface area contributed by atoms with E-state index < -0.39 is 0 Å². The number of rotatable bonds is 7. The Morgan fingerprint density at radius 3 is 2.61 bits per heavy atom. The highest BCUT2D eigenvalue weighted by Crippen LogP contribution is 2.25. The first-order valence-electron chi connectivity index (χ1n) is 9.78. The second-order valence-corrected chi connectivity index (χ2v) is 6.67. The third kappa shape index (κ3) is 5.37. The number of aromatic hydroxyl groups is 1. The van der Waals surface area contributed by atoms with Gasteiger partial charge < -0.3 is 24.8 Å². The third-order valence-corrected chi connectivity index (χ3v) is 4.53. The summed E-state index contributed by atoms with van der Waals surface area (Å²) in [6.45, 7) is 2.64. The zero-order valence-corrected chi connectivity index (χ0v) is 17.0. The molecular weight excluding hydrogens is 398 g/mol. The van der Waals surface area contributed by atoms with Gasteiger partial charge in [-0.1, -0.05) is 18.2 Å². The van der Waals surface area contributed by atoms with Crippen LogP contribution in [0.1, 0.15) is 5.56 Å². The van der Waals surface area contributed by atoms with E-state index in [2.05, 4.69) is 30.8 Å². The number of nitrogens with zero attached hydrogens (tertiary/aromatic N) is 5. The van der Waals surface area contributed by atoms with Crippen LogP contribution in [-0.2, 0) is 4.74 Å². The summed E-state index contributed by atoms with van der Waals surface area (Å²) in [6, 6.07) is 14.6. The van der Waals surface area contributed by atoms with E-state index in [-0.39, 0.29) is 5.75 Å². The zero-order valence-electron chi connectivity index (χ0n) is 17.0. The maximum Gasteiger partial charge on any atom is 0.250 e. The molecule has 10 heteroatoms. The first kappa shape index (κ1) is 20.4. The van der Waals surface area contributed by atoms with E-state index in [0.717, 1.165) is 11.3 Å². The van der Waals surface area contributed by atoms with Crippen LogP contribution in [0.3, 0.4) is 0 Å². The van der Waals surface area contributed by atoms with Gasteiger partial charge in [-0.3, -0.25) is 0 Å². The predicted octanol–water partition coefficient (Wildman–Crippen LogP) is 2.61. The van der Waals surface area contributed by atoms with Crippen molar-refractivity contribution in [2.45, 2.75) is 0 Å². The molecule has 1 fully saturated rings. The van der Waals surface area contributed by atoms with Gasteiger partial charge in [0.05, 0.1) is 26.5 Å². The Balaban J connectivity index is 1.55. The molecule has 160 valence electrons. The lowest BCUT2D eigenvalue weighted by Crippen LogP contribution is -2.37. The molecule has 10 nitrogen and oxygen atoms in total. The van der Waals surface area contributed by atoms with Crippen molar-refractivity contribution in [1.29, 1.82) is 0 Å². The Morgan fingerprint density at radius 2 is 1.84 bits per heavy atom. The van der Waals surface area contributed by atoms with E-state index >= 15 is 0 Å². The summed E-state index contributed by atoms with van der Waals surface area (Å²) in [7, 11) is 1.49. The van der Waals surface area contributed by atoms with Crippen LogP contribution in [0.5, 0.6) is 11.5 Å². The monoisotopic (exact) mass is 421 g/mol. The van der Waals surface area contributed by atoms with Crippen LogP contribution < -0.4 is 20.4 Å². The second-order valence-electron chi connectivity index (χ2n) is 6.67. The van der Waals surface area contributed by atoms with E-state index in [4.69, 9.17) is 9.47 Å². The number of benzene rings is 2. The molecule has 2 aromatic carbocycles. The van der Waals surface area contributed by atoms with Crippen LogP contribution in [0, 0.1) is 0 Å². The van der Waals surface area contributed by atoms with Crippen molar-refractivity contribution in [3.05, 3.63) is 54.1 Å². The lowest BCUT2D eigenvalue weighted by molar-refractivity contribution is 0.122. The summed E-state index contributed by atoms with van der Waals surface area (Å²) >= 11 is 0. The number of morpholine rings is 1. The van der Waals surface area contributed by atoms with E-state index in [9.17, 15) is 5.11 Å². The van der Waals surface area contributed by atoms with Gasteiger partial charge in [-0.05, 0) is 35.9 Å². The number of ether oxygens (including phenoxy) is 2. The third-order valence-electron chi connectivity index (χ3n) is 4.53. The van der Waals surface area contributed by atoms with E-state index in [0.29, 0.717) is 49.9 Å². The minimum atomic E-state index is 0.0665. The summed E-state index contributed by atoms with van der Waals surface area (Å²) in [6.07, 6.45) is 1.59. The van der Waals surface area contributed by atoms with Crippen LogP contribution in [-0.4, -0.2) is 59.7 Å². The molecule has 3 N–H and O–H groups in total. The van der Waals surface area contributed by atoms with Crippen molar-refractivity contribution < 1.29 is 14.6 Å². The highest BCUT2D eigenvalue weighted by atomic mass is 16.5. The van der Waals surface area contributed by atoms with Crippen molar-refractivity contribution in [1.82, 2.24) is 15.0 Å². The fourth-order valence-electron chi connectivity index (χ4n) is 2.97. The van der Waals surface area contributed by atoms with Crippen molar-refractivity contribution in [2.75, 3.05) is 49.1 Å². The number of phenols is 1. The first-order valence-corrected chi connectivity index (χ1v) is 9.78. The summed E-state index contributed by atoms with van der Waals surface area (Å²) in [5, 5.41) is 17.1. The van der Waals surface area contributed by atoms with Crippen molar-refractivity contribution in [2.24, 2.45) is 5.10 Å². The maximum absolute atomic E-state index is 9.71. The van der Waals surface area contributed by atoms with Gasteiger partial charge in [-0.25, -0.2) is 5.43 Å². The number of phenolic OH excluding ortho intramolecular Hbond substituents is 1. The molecular formula is C21H23N7O3. The Morgan fingerprint density at radius 1 is 1.06 bits per heavy atom. The summed E-state index contributed by atoms with van der Waals surface area (Å²) < 4.78 is 10.5. The second kappa shape index (κ2) is 9.72. The van der Waals surface area contributed by atoms with Gasteiger partial charge in [0, 0.05) is 18.8 Å². The minimum absolute atomic E-state index is 0.0665. The van der Waals surface area contributed by atoms with Crippen LogP contribution >= 0.6 is 0 Å². The smallest absolute Gasteiger partial charge is 0.250 e. The van der Waals surface area contributed by atoms with Gasteiger partial charge in [0.1, 0.15) is 0 Å². The molecule has 0 saturated carbocycles. The highest BCUT2D eigenvalue weighted by Gasteiger charge is 2.16. The molecule has 2 heterocycles. The van der Waals surface area contributed by atoms with Crippen LogP contribution in [0.4, 0.5) is 23.5 Å². The molecule has 1 saturated heterocycles. The number of nitrogens with one attached hydrogen (secondary N) is 2. The van der Waals surface area contributed by atoms with Crippen LogP contribution in [0.25, 0.3) is 0 Å². The fourth-order valence-corrected chi connectivity index (χ4v) is 2.97. The Hall–Kier alpha value is -3.92. The standard InChI is InChI=1S/C21H23N7O3/c1-30-18-13-15(7-8-17(18)29)14-22-27-20-24-19(23-16-5-3-2-4-6-16)25-21(26-20)28-9-11-31-12-10-28/h2-8,13-14,29H,9-12H2,1H3,(H2,23,24,25,26,27)/b22-14+. The van der Waals surface area contributed by atoms with Crippen LogP contribution in [0.2, 0.25) is 0 Å². The van der Waals surface area contributed by atoms with Gasteiger partial charge in [0.15, 0.2) is 11.5 Å². The first-order chi connectivity index (χ1) is 15.2. The summed E-state index contributed by atoms with van der Waals surface area (Å²) in [5.74, 6) is 1.69. The molecule has 4 rings (SSSR count). The number of hydrogen-bond acceptors (Lipinski definition) is 10. The normalized spacial score (nSPS) is 13.9. The number of methoxy groups -OCH3 is 1. The largest absolute Gasteiger partial charge is 0.504 e. The molecule has 0 atom stereocenters. The number of aromatic nitrogens is 3. The number of para-hydroxylation sites is 1. The SMILES string of the molecule is COc1cc(/C=N/Nc2nc(Nc3ccccc3)nc(N3CCOCC3)n2)ccc1O.